The summed E-state index contributed by atoms with van der Waals surface area (Å²) in [6, 6.07) is 13.8. The van der Waals surface area contributed by atoms with E-state index in [0.717, 1.165) is 59.6 Å². The van der Waals surface area contributed by atoms with E-state index in [1.807, 2.05) is 42.5 Å². The molecule has 1 amide bonds. The van der Waals surface area contributed by atoms with Crippen LogP contribution in [0.3, 0.4) is 0 Å². The zero-order valence-electron chi connectivity index (χ0n) is 21.0. The number of rotatable bonds is 15. The summed E-state index contributed by atoms with van der Waals surface area (Å²) < 4.78 is 5.64. The smallest absolute Gasteiger partial charge is 0.254 e. The van der Waals surface area contributed by atoms with Gasteiger partial charge in [-0.3, -0.25) is 9.78 Å². The van der Waals surface area contributed by atoms with Crippen LogP contribution in [0.1, 0.15) is 61.7 Å². The van der Waals surface area contributed by atoms with Crippen molar-refractivity contribution in [1.29, 1.82) is 0 Å². The normalized spacial score (nSPS) is 10.8. The van der Waals surface area contributed by atoms with Gasteiger partial charge in [-0.05, 0) is 37.6 Å². The highest BCUT2D eigenvalue weighted by Gasteiger charge is 2.17. The van der Waals surface area contributed by atoms with Gasteiger partial charge in [-0.25, -0.2) is 0 Å². The molecule has 2 aromatic carbocycles. The molecule has 35 heavy (non-hydrogen) atoms. The van der Waals surface area contributed by atoms with E-state index < -0.39 is 0 Å². The van der Waals surface area contributed by atoms with Crippen molar-refractivity contribution in [3.63, 3.8) is 0 Å². The number of nitrogens with zero attached hydrogens (tertiary/aromatic N) is 1. The quantitative estimate of drug-likeness (QED) is 0.205. The Morgan fingerprint density at radius 2 is 1.66 bits per heavy atom. The van der Waals surface area contributed by atoms with Crippen LogP contribution in [0.5, 0.6) is 5.75 Å². The van der Waals surface area contributed by atoms with E-state index in [4.69, 9.17) is 10.5 Å². The summed E-state index contributed by atoms with van der Waals surface area (Å²) in [7, 11) is 3.29. The fourth-order valence-electron chi connectivity index (χ4n) is 4.19. The van der Waals surface area contributed by atoms with Crippen molar-refractivity contribution in [3.05, 3.63) is 54.2 Å². The van der Waals surface area contributed by atoms with Gasteiger partial charge in [-0.2, -0.15) is 0 Å². The largest absolute Gasteiger partial charge is 0.495 e. The molecular weight excluding hydrogens is 438 g/mol. The number of nitrogens with one attached hydrogen (secondary N) is 3. The minimum atomic E-state index is -0.189. The van der Waals surface area contributed by atoms with Crippen LogP contribution < -0.4 is 26.4 Å². The van der Waals surface area contributed by atoms with Crippen LogP contribution in [0.15, 0.2) is 48.7 Å². The van der Waals surface area contributed by atoms with Crippen molar-refractivity contribution in [2.75, 3.05) is 37.9 Å². The molecule has 1 aromatic heterocycles. The highest BCUT2D eigenvalue weighted by atomic mass is 16.5. The fourth-order valence-corrected chi connectivity index (χ4v) is 4.19. The maximum absolute atomic E-state index is 12.6. The molecule has 3 rings (SSSR count). The maximum atomic E-state index is 12.6. The molecule has 0 unspecified atom stereocenters. The molecule has 0 saturated carbocycles. The highest BCUT2D eigenvalue weighted by molar-refractivity contribution is 6.09. The summed E-state index contributed by atoms with van der Waals surface area (Å²) >= 11 is 0. The number of pyridine rings is 1. The van der Waals surface area contributed by atoms with Gasteiger partial charge in [0.25, 0.3) is 5.91 Å². The van der Waals surface area contributed by atoms with Crippen molar-refractivity contribution in [2.45, 2.75) is 51.4 Å². The van der Waals surface area contributed by atoms with E-state index in [9.17, 15) is 4.79 Å². The lowest BCUT2D eigenvalue weighted by Gasteiger charge is -2.17. The van der Waals surface area contributed by atoms with Crippen molar-refractivity contribution in [3.8, 4) is 5.75 Å². The molecule has 7 heteroatoms. The summed E-state index contributed by atoms with van der Waals surface area (Å²) in [5.41, 5.74) is 9.32. The highest BCUT2D eigenvalue weighted by Crippen LogP contribution is 2.36. The third kappa shape index (κ3) is 7.59. The van der Waals surface area contributed by atoms with Gasteiger partial charge in [0.05, 0.1) is 29.6 Å². The van der Waals surface area contributed by atoms with Gasteiger partial charge >= 0.3 is 0 Å². The topological polar surface area (TPSA) is 101 Å². The van der Waals surface area contributed by atoms with Crippen LogP contribution in [-0.4, -0.2) is 38.1 Å². The van der Waals surface area contributed by atoms with Gasteiger partial charge in [-0.15, -0.1) is 0 Å². The van der Waals surface area contributed by atoms with E-state index in [1.165, 1.54) is 38.5 Å². The zero-order chi connectivity index (χ0) is 24.9. The first kappa shape index (κ1) is 26.3. The van der Waals surface area contributed by atoms with E-state index in [-0.39, 0.29) is 5.91 Å². The number of para-hydroxylation sites is 1. The number of benzene rings is 2. The number of unbranched alkanes of at least 4 members (excludes halogenated alkanes) is 7. The lowest BCUT2D eigenvalue weighted by atomic mass is 10.1. The van der Waals surface area contributed by atoms with Crippen molar-refractivity contribution >= 4 is 33.9 Å². The van der Waals surface area contributed by atoms with Gasteiger partial charge in [0.15, 0.2) is 0 Å². The summed E-state index contributed by atoms with van der Waals surface area (Å²) in [5.74, 6) is 0.550. The van der Waals surface area contributed by atoms with Crippen molar-refractivity contribution in [1.82, 2.24) is 10.3 Å². The number of carbonyl (C=O) groups is 1. The first-order valence-corrected chi connectivity index (χ1v) is 12.7. The van der Waals surface area contributed by atoms with Gasteiger partial charge in [0, 0.05) is 36.9 Å². The minimum absolute atomic E-state index is 0.189. The number of carbonyl (C=O) groups excluding carboxylic acids is 1. The average molecular weight is 478 g/mol. The molecular formula is C28H39N5O2. The van der Waals surface area contributed by atoms with E-state index >= 15 is 0 Å². The van der Waals surface area contributed by atoms with Crippen molar-refractivity contribution < 1.29 is 9.53 Å². The number of ether oxygens (including phenoxy) is 1. The number of amides is 1. The SMILES string of the molecule is CNC(=O)c1cnc2cc(OC)c(NCCCCCCCCCCN)cc2c1Nc1ccccc1. The Balaban J connectivity index is 1.73. The monoisotopic (exact) mass is 477 g/mol. The molecule has 5 N–H and O–H groups in total. The fraction of sp³-hybridized carbons (Fsp3) is 0.429. The standard InChI is InChI=1S/C28H39N5O2/c1-30-28(34)23-20-32-24-19-26(35-2)25(31-17-13-8-6-4-3-5-7-12-16-29)18-22(24)27(23)33-21-14-10-9-11-15-21/h9-11,14-15,18-20,31H,3-8,12-13,16-17,29H2,1-2H3,(H,30,34)(H,32,33). The molecule has 0 saturated heterocycles. The summed E-state index contributed by atoms with van der Waals surface area (Å²) in [6.07, 6.45) is 11.4. The summed E-state index contributed by atoms with van der Waals surface area (Å²) in [6.45, 7) is 1.66. The zero-order valence-corrected chi connectivity index (χ0v) is 21.0. The molecule has 0 spiro atoms. The lowest BCUT2D eigenvalue weighted by Crippen LogP contribution is -2.19. The van der Waals surface area contributed by atoms with E-state index in [0.29, 0.717) is 5.56 Å². The Bertz CT molecular complexity index is 1070. The Hall–Kier alpha value is -3.32. The molecule has 7 nitrogen and oxygen atoms in total. The van der Waals surface area contributed by atoms with Crippen LogP contribution >= 0.6 is 0 Å². The number of hydrogen-bond donors (Lipinski definition) is 4. The molecule has 0 bridgehead atoms. The van der Waals surface area contributed by atoms with Gasteiger partial charge in [0.1, 0.15) is 5.75 Å². The number of nitrogens with two attached hydrogens (primary N) is 1. The minimum Gasteiger partial charge on any atom is -0.495 e. The number of methoxy groups -OCH3 is 1. The number of anilines is 3. The second-order valence-electron chi connectivity index (χ2n) is 8.73. The van der Waals surface area contributed by atoms with Crippen LogP contribution in [-0.2, 0) is 0 Å². The molecule has 0 aliphatic heterocycles. The second-order valence-corrected chi connectivity index (χ2v) is 8.73. The molecule has 1 heterocycles. The predicted octanol–water partition coefficient (Wildman–Crippen LogP) is 5.84. The third-order valence-electron chi connectivity index (χ3n) is 6.15. The molecule has 0 radical (unpaired) electrons. The Morgan fingerprint density at radius 3 is 2.31 bits per heavy atom. The predicted molar refractivity (Wildman–Crippen MR) is 146 cm³/mol. The van der Waals surface area contributed by atoms with E-state index in [1.54, 1.807) is 20.4 Å². The number of hydrogen-bond acceptors (Lipinski definition) is 6. The molecule has 0 aliphatic carbocycles. The molecule has 0 aliphatic rings. The Kier molecular flexibility index (Phi) is 10.6. The molecule has 188 valence electrons. The lowest BCUT2D eigenvalue weighted by molar-refractivity contribution is 0.0963. The molecule has 0 atom stereocenters. The Labute approximate surface area is 208 Å². The maximum Gasteiger partial charge on any atom is 0.254 e. The van der Waals surface area contributed by atoms with E-state index in [2.05, 4.69) is 20.9 Å². The first-order valence-electron chi connectivity index (χ1n) is 12.7. The summed E-state index contributed by atoms with van der Waals surface area (Å²) in [5, 5.41) is 10.5. The average Bonchev–Trinajstić information content (AvgIpc) is 2.89. The third-order valence-corrected chi connectivity index (χ3v) is 6.15. The van der Waals surface area contributed by atoms with Crippen LogP contribution in [0.25, 0.3) is 10.9 Å². The molecule has 3 aromatic rings. The van der Waals surface area contributed by atoms with Crippen molar-refractivity contribution in [2.24, 2.45) is 5.73 Å². The van der Waals surface area contributed by atoms with Crippen LogP contribution in [0.4, 0.5) is 17.1 Å². The van der Waals surface area contributed by atoms with Gasteiger partial charge in [0.2, 0.25) is 0 Å². The van der Waals surface area contributed by atoms with Crippen LogP contribution in [0.2, 0.25) is 0 Å². The Morgan fingerprint density at radius 1 is 0.971 bits per heavy atom. The first-order chi connectivity index (χ1) is 17.2. The molecule has 0 fully saturated rings. The van der Waals surface area contributed by atoms with Gasteiger partial charge in [-0.1, -0.05) is 56.7 Å². The van der Waals surface area contributed by atoms with Gasteiger partial charge < -0.3 is 26.4 Å². The number of aromatic nitrogens is 1. The summed E-state index contributed by atoms with van der Waals surface area (Å²) in [4.78, 5) is 17.2. The second kappa shape index (κ2) is 14.2. The number of fused-ring (bicyclic) bond motifs is 1. The van der Waals surface area contributed by atoms with Crippen LogP contribution in [0, 0.1) is 0 Å².